The minimum atomic E-state index is 0.0378. The maximum Gasteiger partial charge on any atom is 0.223 e. The highest BCUT2D eigenvalue weighted by Gasteiger charge is 2.35. The lowest BCUT2D eigenvalue weighted by molar-refractivity contribution is -0.117. The molecule has 1 aliphatic heterocycles. The van der Waals surface area contributed by atoms with E-state index in [1.165, 1.54) is 0 Å². The van der Waals surface area contributed by atoms with E-state index in [2.05, 4.69) is 0 Å². The van der Waals surface area contributed by atoms with Crippen molar-refractivity contribution in [3.63, 3.8) is 0 Å². The van der Waals surface area contributed by atoms with Crippen LogP contribution in [0.15, 0.2) is 30.3 Å². The highest BCUT2D eigenvalue weighted by molar-refractivity contribution is 6.07. The average molecular weight is 227 g/mol. The number of rotatable bonds is 0. The summed E-state index contributed by atoms with van der Waals surface area (Å²) in [4.78, 5) is 24.9. The third-order valence-electron chi connectivity index (χ3n) is 3.49. The smallest absolute Gasteiger partial charge is 0.223 e. The van der Waals surface area contributed by atoms with Gasteiger partial charge in [-0.25, -0.2) is 0 Å². The van der Waals surface area contributed by atoms with Crippen LogP contribution in [0.4, 0.5) is 5.69 Å². The van der Waals surface area contributed by atoms with E-state index in [-0.39, 0.29) is 17.6 Å². The predicted octanol–water partition coefficient (Wildman–Crippen LogP) is 2.03. The fourth-order valence-electron chi connectivity index (χ4n) is 2.73. The number of ketones is 1. The van der Waals surface area contributed by atoms with E-state index in [1.54, 1.807) is 17.9 Å². The van der Waals surface area contributed by atoms with Gasteiger partial charge in [-0.1, -0.05) is 18.2 Å². The number of para-hydroxylation sites is 1. The summed E-state index contributed by atoms with van der Waals surface area (Å²) < 4.78 is 0. The third-order valence-corrected chi connectivity index (χ3v) is 3.49. The molecule has 2 aliphatic rings. The second kappa shape index (κ2) is 3.55. The van der Waals surface area contributed by atoms with Gasteiger partial charge >= 0.3 is 0 Å². The molecule has 3 heteroatoms. The van der Waals surface area contributed by atoms with E-state index in [4.69, 9.17) is 0 Å². The Bertz CT molecular complexity index is 545. The first-order valence-corrected chi connectivity index (χ1v) is 5.79. The Morgan fingerprint density at radius 1 is 1.35 bits per heavy atom. The minimum Gasteiger partial charge on any atom is -0.311 e. The van der Waals surface area contributed by atoms with Crippen molar-refractivity contribution in [2.24, 2.45) is 5.92 Å². The normalized spacial score (nSPS) is 21.9. The zero-order valence-corrected chi connectivity index (χ0v) is 9.64. The van der Waals surface area contributed by atoms with Crippen LogP contribution >= 0.6 is 0 Å². The Hall–Kier alpha value is -1.90. The molecule has 0 saturated heterocycles. The molecular formula is C14H13NO2. The number of amides is 1. The molecule has 0 radical (unpaired) electrons. The van der Waals surface area contributed by atoms with Crippen LogP contribution in [0.5, 0.6) is 0 Å². The van der Waals surface area contributed by atoms with Gasteiger partial charge in [0, 0.05) is 31.4 Å². The summed E-state index contributed by atoms with van der Waals surface area (Å²) in [6.07, 6.45) is 2.27. The van der Waals surface area contributed by atoms with Crippen LogP contribution in [0.1, 0.15) is 18.9 Å². The number of fused-ring (bicyclic) bond motifs is 3. The maximum absolute atomic E-state index is 11.7. The molecule has 0 saturated carbocycles. The molecule has 1 aromatic carbocycles. The molecule has 17 heavy (non-hydrogen) atoms. The van der Waals surface area contributed by atoms with Gasteiger partial charge in [0.05, 0.1) is 5.69 Å². The van der Waals surface area contributed by atoms with Gasteiger partial charge in [0.25, 0.3) is 0 Å². The monoisotopic (exact) mass is 227 g/mol. The number of allylic oxidation sites excluding steroid dienone is 1. The van der Waals surface area contributed by atoms with Gasteiger partial charge in [-0.15, -0.1) is 0 Å². The molecule has 3 rings (SSSR count). The Balaban J connectivity index is 2.17. The first-order chi connectivity index (χ1) is 8.16. The molecule has 1 aromatic rings. The molecule has 0 N–H and O–H groups in total. The lowest BCUT2D eigenvalue weighted by Crippen LogP contribution is -2.37. The molecule has 1 aliphatic carbocycles. The number of benzene rings is 1. The Morgan fingerprint density at radius 3 is 2.88 bits per heavy atom. The van der Waals surface area contributed by atoms with Crippen molar-refractivity contribution < 1.29 is 9.59 Å². The van der Waals surface area contributed by atoms with E-state index in [1.807, 2.05) is 24.3 Å². The van der Waals surface area contributed by atoms with Gasteiger partial charge in [0.1, 0.15) is 0 Å². The van der Waals surface area contributed by atoms with Crippen molar-refractivity contribution in [1.29, 1.82) is 0 Å². The number of carbonyl (C=O) groups excluding carboxylic acids is 2. The van der Waals surface area contributed by atoms with E-state index in [0.717, 1.165) is 16.8 Å². The van der Waals surface area contributed by atoms with Crippen LogP contribution < -0.4 is 4.90 Å². The quantitative estimate of drug-likeness (QED) is 0.680. The van der Waals surface area contributed by atoms with Gasteiger partial charge in [0.15, 0.2) is 5.78 Å². The Kier molecular flexibility index (Phi) is 2.15. The molecule has 3 nitrogen and oxygen atoms in total. The maximum atomic E-state index is 11.7. The molecule has 0 aromatic heterocycles. The van der Waals surface area contributed by atoms with Crippen LogP contribution in [0.3, 0.4) is 0 Å². The zero-order chi connectivity index (χ0) is 12.0. The highest BCUT2D eigenvalue weighted by atomic mass is 16.2. The molecule has 1 amide bonds. The van der Waals surface area contributed by atoms with Crippen LogP contribution in [0.25, 0.3) is 5.57 Å². The summed E-state index contributed by atoms with van der Waals surface area (Å²) in [5, 5.41) is 0. The van der Waals surface area contributed by atoms with E-state index >= 15 is 0 Å². The van der Waals surface area contributed by atoms with Crippen molar-refractivity contribution in [2.45, 2.75) is 13.3 Å². The molecule has 0 bridgehead atoms. The zero-order valence-electron chi connectivity index (χ0n) is 9.64. The number of hydrogen-bond acceptors (Lipinski definition) is 2. The average Bonchev–Trinajstić information content (AvgIpc) is 2.68. The summed E-state index contributed by atoms with van der Waals surface area (Å²) >= 11 is 0. The Morgan fingerprint density at radius 2 is 2.12 bits per heavy atom. The first-order valence-electron chi connectivity index (χ1n) is 5.79. The Labute approximate surface area is 99.7 Å². The molecule has 86 valence electrons. The molecule has 1 atom stereocenters. The highest BCUT2D eigenvalue weighted by Crippen LogP contribution is 2.42. The molecule has 0 fully saturated rings. The lowest BCUT2D eigenvalue weighted by atomic mass is 9.89. The summed E-state index contributed by atoms with van der Waals surface area (Å²) in [5.41, 5.74) is 3.06. The van der Waals surface area contributed by atoms with Crippen molar-refractivity contribution in [3.8, 4) is 0 Å². The van der Waals surface area contributed by atoms with Crippen molar-refractivity contribution >= 4 is 23.0 Å². The van der Waals surface area contributed by atoms with Crippen LogP contribution in [-0.4, -0.2) is 18.2 Å². The summed E-state index contributed by atoms with van der Waals surface area (Å²) in [6, 6.07) is 7.80. The van der Waals surface area contributed by atoms with E-state index < -0.39 is 0 Å². The van der Waals surface area contributed by atoms with Gasteiger partial charge < -0.3 is 4.90 Å². The SMILES string of the molecule is CC(=O)N1CC2CC(=O)C=C2c2ccccc21. The van der Waals surface area contributed by atoms with Crippen LogP contribution in [0.2, 0.25) is 0 Å². The molecular weight excluding hydrogens is 214 g/mol. The third kappa shape index (κ3) is 1.50. The number of anilines is 1. The molecule has 1 heterocycles. The van der Waals surface area contributed by atoms with E-state index in [9.17, 15) is 9.59 Å². The standard InChI is InChI=1S/C14H13NO2/c1-9(16)15-8-10-6-11(17)7-13(10)12-4-2-3-5-14(12)15/h2-5,7,10H,6,8H2,1H3. The summed E-state index contributed by atoms with van der Waals surface area (Å²) in [5.74, 6) is 0.391. The van der Waals surface area contributed by atoms with Gasteiger partial charge in [-0.05, 0) is 17.7 Å². The molecule has 1 unspecified atom stereocenters. The van der Waals surface area contributed by atoms with Gasteiger partial charge in [-0.3, -0.25) is 9.59 Å². The fraction of sp³-hybridized carbons (Fsp3) is 0.286. The summed E-state index contributed by atoms with van der Waals surface area (Å²) in [7, 11) is 0. The van der Waals surface area contributed by atoms with E-state index in [0.29, 0.717) is 13.0 Å². The summed E-state index contributed by atoms with van der Waals surface area (Å²) in [6.45, 7) is 2.20. The number of nitrogens with zero attached hydrogens (tertiary/aromatic N) is 1. The van der Waals surface area contributed by atoms with Crippen molar-refractivity contribution in [2.75, 3.05) is 11.4 Å². The minimum absolute atomic E-state index is 0.0378. The van der Waals surface area contributed by atoms with Gasteiger partial charge in [0.2, 0.25) is 5.91 Å². The van der Waals surface area contributed by atoms with Crippen LogP contribution in [0, 0.1) is 5.92 Å². The van der Waals surface area contributed by atoms with Crippen LogP contribution in [-0.2, 0) is 9.59 Å². The predicted molar refractivity (Wildman–Crippen MR) is 65.6 cm³/mol. The largest absolute Gasteiger partial charge is 0.311 e. The first kappa shape index (κ1) is 10.3. The lowest BCUT2D eigenvalue weighted by Gasteiger charge is -2.33. The fourth-order valence-corrected chi connectivity index (χ4v) is 2.73. The van der Waals surface area contributed by atoms with Crippen molar-refractivity contribution in [1.82, 2.24) is 0 Å². The number of carbonyl (C=O) groups is 2. The second-order valence-corrected chi connectivity index (χ2v) is 4.61. The second-order valence-electron chi connectivity index (χ2n) is 4.61. The molecule has 0 spiro atoms. The topological polar surface area (TPSA) is 37.4 Å². The van der Waals surface area contributed by atoms with Gasteiger partial charge in [-0.2, -0.15) is 0 Å². The number of hydrogen-bond donors (Lipinski definition) is 0. The van der Waals surface area contributed by atoms with Crippen molar-refractivity contribution in [3.05, 3.63) is 35.9 Å².